The van der Waals surface area contributed by atoms with Crippen molar-refractivity contribution in [2.45, 2.75) is 31.3 Å². The van der Waals surface area contributed by atoms with Crippen molar-refractivity contribution < 1.29 is 0 Å². The highest BCUT2D eigenvalue weighted by Gasteiger charge is 2.32. The van der Waals surface area contributed by atoms with Crippen LogP contribution < -0.4 is 11.1 Å². The fraction of sp³-hybridized carbons (Fsp3) is 1.00. The molecule has 0 saturated carbocycles. The number of hydrogen-bond donors (Lipinski definition) is 2. The van der Waals surface area contributed by atoms with Crippen molar-refractivity contribution in [2.75, 3.05) is 39.3 Å². The topological polar surface area (TPSA) is 44.5 Å². The minimum Gasteiger partial charge on any atom is -0.324 e. The highest BCUT2D eigenvalue weighted by atomic mass is 127. The summed E-state index contributed by atoms with van der Waals surface area (Å²) < 4.78 is 2.35. The second-order valence-corrected chi connectivity index (χ2v) is 6.73. The van der Waals surface area contributed by atoms with E-state index in [4.69, 9.17) is 5.73 Å². The molecule has 0 aliphatic carbocycles. The summed E-state index contributed by atoms with van der Waals surface area (Å²) >= 11 is 2.40. The smallest absolute Gasteiger partial charge is 0.0308 e. The van der Waals surface area contributed by atoms with Gasteiger partial charge >= 0.3 is 0 Å². The molecule has 4 nitrogen and oxygen atoms in total. The van der Waals surface area contributed by atoms with Gasteiger partial charge in [0.25, 0.3) is 0 Å². The maximum absolute atomic E-state index is 6.51. The molecule has 0 aromatic carbocycles. The van der Waals surface area contributed by atoms with Gasteiger partial charge in [0, 0.05) is 73.7 Å². The van der Waals surface area contributed by atoms with E-state index in [1.165, 1.54) is 0 Å². The van der Waals surface area contributed by atoms with E-state index in [9.17, 15) is 0 Å². The van der Waals surface area contributed by atoms with E-state index < -0.39 is 0 Å². The molecule has 2 heterocycles. The van der Waals surface area contributed by atoms with Crippen LogP contribution in [-0.2, 0) is 0 Å². The standard InChI is InChI=1S/C11H23IN4/c1-10-8-15(7-4-14-10)9-11(13)2-5-16(12)6-3-11/h10,14H,2-9,13H2,1H3. The third-order valence-electron chi connectivity index (χ3n) is 3.70. The largest absolute Gasteiger partial charge is 0.324 e. The normalized spacial score (nSPS) is 32.8. The Labute approximate surface area is 112 Å². The van der Waals surface area contributed by atoms with Gasteiger partial charge in [0.05, 0.1) is 0 Å². The second-order valence-electron chi connectivity index (χ2n) is 5.36. The Morgan fingerprint density at radius 1 is 1.38 bits per heavy atom. The van der Waals surface area contributed by atoms with Crippen LogP contribution in [-0.4, -0.2) is 58.9 Å². The third-order valence-corrected chi connectivity index (χ3v) is 4.66. The van der Waals surface area contributed by atoms with Crippen LogP contribution in [0.1, 0.15) is 19.8 Å². The third kappa shape index (κ3) is 3.53. The summed E-state index contributed by atoms with van der Waals surface area (Å²) in [5.41, 5.74) is 6.56. The van der Waals surface area contributed by atoms with Gasteiger partial charge in [-0.3, -0.25) is 4.90 Å². The van der Waals surface area contributed by atoms with E-state index in [0.717, 1.165) is 52.1 Å². The molecule has 2 aliphatic rings. The number of piperidine rings is 1. The fourth-order valence-corrected chi connectivity index (χ4v) is 3.17. The highest BCUT2D eigenvalue weighted by molar-refractivity contribution is 14.1. The number of piperazine rings is 1. The molecule has 1 atom stereocenters. The number of hydrogen-bond acceptors (Lipinski definition) is 4. The molecular weight excluding hydrogens is 315 g/mol. The molecule has 2 aliphatic heterocycles. The Morgan fingerprint density at radius 2 is 2.06 bits per heavy atom. The number of nitrogens with zero attached hydrogens (tertiary/aromatic N) is 2. The molecular formula is C11H23IN4. The molecule has 0 spiro atoms. The van der Waals surface area contributed by atoms with E-state index in [0.29, 0.717) is 6.04 Å². The first kappa shape index (κ1) is 13.0. The van der Waals surface area contributed by atoms with E-state index in [1.807, 2.05) is 0 Å². The van der Waals surface area contributed by atoms with Crippen LogP contribution in [0.4, 0.5) is 0 Å². The minimum absolute atomic E-state index is 0.0543. The van der Waals surface area contributed by atoms with Crippen LogP contribution >= 0.6 is 22.9 Å². The van der Waals surface area contributed by atoms with Crippen LogP contribution in [0, 0.1) is 0 Å². The summed E-state index contributed by atoms with van der Waals surface area (Å²) in [5, 5.41) is 3.48. The molecule has 0 amide bonds. The van der Waals surface area contributed by atoms with E-state index >= 15 is 0 Å². The first-order valence-electron chi connectivity index (χ1n) is 6.23. The first-order valence-corrected chi connectivity index (χ1v) is 7.19. The Bertz CT molecular complexity index is 228. The number of rotatable bonds is 2. The highest BCUT2D eigenvalue weighted by Crippen LogP contribution is 2.23. The lowest BCUT2D eigenvalue weighted by Crippen LogP contribution is -2.59. The van der Waals surface area contributed by atoms with Gasteiger partial charge in [-0.2, -0.15) is 0 Å². The van der Waals surface area contributed by atoms with Crippen molar-refractivity contribution in [1.29, 1.82) is 0 Å². The Balaban J connectivity index is 1.83. The van der Waals surface area contributed by atoms with Gasteiger partial charge in [0.15, 0.2) is 0 Å². The predicted molar refractivity (Wildman–Crippen MR) is 75.7 cm³/mol. The average Bonchev–Trinajstić information content (AvgIpc) is 2.23. The number of nitrogens with two attached hydrogens (primary N) is 1. The second kappa shape index (κ2) is 5.48. The summed E-state index contributed by atoms with van der Waals surface area (Å²) in [6.45, 7) is 9.00. The van der Waals surface area contributed by atoms with Gasteiger partial charge in [-0.05, 0) is 19.8 Å². The molecule has 2 fully saturated rings. The first-order chi connectivity index (χ1) is 7.57. The lowest BCUT2D eigenvalue weighted by atomic mass is 9.88. The SMILES string of the molecule is CC1CN(CC2(N)CCN(I)CC2)CCN1. The predicted octanol–water partition coefficient (Wildman–Crippen LogP) is 0.423. The molecule has 0 bridgehead atoms. The lowest BCUT2D eigenvalue weighted by molar-refractivity contribution is 0.135. The Hall–Kier alpha value is 0.570. The van der Waals surface area contributed by atoms with Crippen LogP contribution in [0.3, 0.4) is 0 Å². The summed E-state index contributed by atoms with van der Waals surface area (Å²) in [4.78, 5) is 2.53. The average molecular weight is 338 g/mol. The van der Waals surface area contributed by atoms with Crippen molar-refractivity contribution >= 4 is 22.9 Å². The van der Waals surface area contributed by atoms with Crippen molar-refractivity contribution in [3.63, 3.8) is 0 Å². The monoisotopic (exact) mass is 338 g/mol. The van der Waals surface area contributed by atoms with Crippen molar-refractivity contribution in [2.24, 2.45) is 5.73 Å². The van der Waals surface area contributed by atoms with Crippen LogP contribution in [0.2, 0.25) is 0 Å². The van der Waals surface area contributed by atoms with Gasteiger partial charge < -0.3 is 11.1 Å². The Morgan fingerprint density at radius 3 is 2.69 bits per heavy atom. The van der Waals surface area contributed by atoms with Crippen LogP contribution in [0.15, 0.2) is 0 Å². The number of nitrogens with one attached hydrogen (secondary N) is 1. The molecule has 0 aromatic rings. The zero-order valence-electron chi connectivity index (χ0n) is 10.1. The fourth-order valence-electron chi connectivity index (χ4n) is 2.68. The zero-order chi connectivity index (χ0) is 11.6. The van der Waals surface area contributed by atoms with Gasteiger partial charge in [-0.15, -0.1) is 0 Å². The number of halogens is 1. The quantitative estimate of drug-likeness (QED) is 0.566. The van der Waals surface area contributed by atoms with E-state index in [1.54, 1.807) is 0 Å². The molecule has 3 N–H and O–H groups in total. The van der Waals surface area contributed by atoms with Crippen LogP contribution in [0.25, 0.3) is 0 Å². The van der Waals surface area contributed by atoms with Crippen LogP contribution in [0.5, 0.6) is 0 Å². The zero-order valence-corrected chi connectivity index (χ0v) is 12.2. The maximum Gasteiger partial charge on any atom is 0.0308 e. The van der Waals surface area contributed by atoms with Gasteiger partial charge in [0.1, 0.15) is 0 Å². The van der Waals surface area contributed by atoms with Crippen molar-refractivity contribution in [3.8, 4) is 0 Å². The lowest BCUT2D eigenvalue weighted by Gasteiger charge is -2.42. The summed E-state index contributed by atoms with van der Waals surface area (Å²) in [5.74, 6) is 0. The summed E-state index contributed by atoms with van der Waals surface area (Å²) in [7, 11) is 0. The molecule has 16 heavy (non-hydrogen) atoms. The molecule has 94 valence electrons. The Kier molecular flexibility index (Phi) is 4.45. The summed E-state index contributed by atoms with van der Waals surface area (Å²) in [6, 6.07) is 0.613. The van der Waals surface area contributed by atoms with Gasteiger partial charge in [-0.25, -0.2) is 3.11 Å². The summed E-state index contributed by atoms with van der Waals surface area (Å²) in [6.07, 6.45) is 2.27. The molecule has 2 saturated heterocycles. The maximum atomic E-state index is 6.51. The van der Waals surface area contributed by atoms with Crippen molar-refractivity contribution in [3.05, 3.63) is 0 Å². The van der Waals surface area contributed by atoms with Gasteiger partial charge in [-0.1, -0.05) is 0 Å². The van der Waals surface area contributed by atoms with Crippen molar-refractivity contribution in [1.82, 2.24) is 13.3 Å². The molecule has 5 heteroatoms. The molecule has 0 aromatic heterocycles. The minimum atomic E-state index is 0.0543. The van der Waals surface area contributed by atoms with Gasteiger partial charge in [0.2, 0.25) is 0 Å². The molecule has 1 unspecified atom stereocenters. The van der Waals surface area contributed by atoms with E-state index in [-0.39, 0.29) is 5.54 Å². The van der Waals surface area contributed by atoms with E-state index in [2.05, 4.69) is 43.1 Å². The molecule has 0 radical (unpaired) electrons. The molecule has 2 rings (SSSR count).